The number of aliphatic hydroxyl groups is 2. The van der Waals surface area contributed by atoms with Gasteiger partial charge in [-0.05, 0) is 17.7 Å². The van der Waals surface area contributed by atoms with Crippen LogP contribution in [0.5, 0.6) is 0 Å². The van der Waals surface area contributed by atoms with Crippen LogP contribution in [0.4, 0.5) is 0 Å². The minimum atomic E-state index is -0.256. The predicted molar refractivity (Wildman–Crippen MR) is 66.6 cm³/mol. The Morgan fingerprint density at radius 2 is 1.65 bits per heavy atom. The molecule has 0 aliphatic rings. The van der Waals surface area contributed by atoms with E-state index < -0.39 is 0 Å². The van der Waals surface area contributed by atoms with Gasteiger partial charge < -0.3 is 10.2 Å². The minimum Gasteiger partial charge on any atom is -0.396 e. The van der Waals surface area contributed by atoms with Gasteiger partial charge in [0.05, 0.1) is 18.9 Å². The summed E-state index contributed by atoms with van der Waals surface area (Å²) < 4.78 is 0. The first-order valence-corrected chi connectivity index (χ1v) is 5.59. The molecule has 2 N–H and O–H groups in total. The van der Waals surface area contributed by atoms with Gasteiger partial charge in [0.15, 0.2) is 0 Å². The van der Waals surface area contributed by atoms with Crippen LogP contribution in [-0.2, 0) is 0 Å². The maximum atomic E-state index is 9.27. The summed E-state index contributed by atoms with van der Waals surface area (Å²) in [7, 11) is 0. The second-order valence-electron chi connectivity index (χ2n) is 3.86. The Morgan fingerprint density at radius 3 is 2.29 bits per heavy atom. The fraction of sp³-hybridized carbons (Fsp3) is 0.214. The van der Waals surface area contributed by atoms with Crippen molar-refractivity contribution < 1.29 is 10.2 Å². The zero-order chi connectivity index (χ0) is 12.1. The number of benzene rings is 1. The van der Waals surface area contributed by atoms with E-state index in [4.69, 9.17) is 0 Å². The lowest BCUT2D eigenvalue weighted by molar-refractivity contribution is 0.193. The Hall–Kier alpha value is -1.71. The Labute approximate surface area is 100 Å². The molecule has 17 heavy (non-hydrogen) atoms. The smallest absolute Gasteiger partial charge is 0.0704 e. The highest BCUT2D eigenvalue weighted by atomic mass is 16.3. The van der Waals surface area contributed by atoms with Crippen LogP contribution < -0.4 is 0 Å². The van der Waals surface area contributed by atoms with E-state index in [0.29, 0.717) is 0 Å². The Balaban J connectivity index is 2.48. The van der Waals surface area contributed by atoms with Gasteiger partial charge in [0, 0.05) is 17.7 Å². The first-order valence-electron chi connectivity index (χ1n) is 5.59. The topological polar surface area (TPSA) is 53.4 Å². The van der Waals surface area contributed by atoms with E-state index in [1.165, 1.54) is 0 Å². The van der Waals surface area contributed by atoms with E-state index in [1.54, 1.807) is 6.20 Å². The largest absolute Gasteiger partial charge is 0.396 e. The molecule has 3 nitrogen and oxygen atoms in total. The van der Waals surface area contributed by atoms with Gasteiger partial charge in [-0.2, -0.15) is 0 Å². The van der Waals surface area contributed by atoms with Gasteiger partial charge >= 0.3 is 0 Å². The van der Waals surface area contributed by atoms with Crippen LogP contribution in [0.25, 0.3) is 11.3 Å². The van der Waals surface area contributed by atoms with Gasteiger partial charge in [0.2, 0.25) is 0 Å². The van der Waals surface area contributed by atoms with E-state index in [-0.39, 0.29) is 19.1 Å². The van der Waals surface area contributed by atoms with Crippen molar-refractivity contribution in [2.75, 3.05) is 13.2 Å². The Kier molecular flexibility index (Phi) is 3.85. The van der Waals surface area contributed by atoms with Crippen molar-refractivity contribution in [3.63, 3.8) is 0 Å². The predicted octanol–water partition coefficient (Wildman–Crippen LogP) is 1.82. The van der Waals surface area contributed by atoms with E-state index in [2.05, 4.69) is 4.98 Å². The summed E-state index contributed by atoms with van der Waals surface area (Å²) in [4.78, 5) is 4.30. The lowest BCUT2D eigenvalue weighted by Crippen LogP contribution is -2.10. The Bertz CT molecular complexity index is 467. The van der Waals surface area contributed by atoms with Crippen molar-refractivity contribution in [2.24, 2.45) is 0 Å². The molecule has 0 bridgehead atoms. The first kappa shape index (κ1) is 11.8. The maximum absolute atomic E-state index is 9.27. The summed E-state index contributed by atoms with van der Waals surface area (Å²) in [5, 5.41) is 18.5. The summed E-state index contributed by atoms with van der Waals surface area (Å²) in [5.41, 5.74) is 2.74. The number of hydrogen-bond acceptors (Lipinski definition) is 3. The number of rotatable bonds is 4. The maximum Gasteiger partial charge on any atom is 0.0704 e. The fourth-order valence-electron chi connectivity index (χ4n) is 1.86. The summed E-state index contributed by atoms with van der Waals surface area (Å²) in [5.74, 6) is -0.256. The van der Waals surface area contributed by atoms with Crippen molar-refractivity contribution in [3.05, 3.63) is 54.2 Å². The molecule has 0 unspecified atom stereocenters. The van der Waals surface area contributed by atoms with Crippen LogP contribution in [0, 0.1) is 0 Å². The van der Waals surface area contributed by atoms with Gasteiger partial charge in [-0.25, -0.2) is 0 Å². The highest BCUT2D eigenvalue weighted by Crippen LogP contribution is 2.27. The SMILES string of the molecule is OCC(CO)c1ccccc1-c1ccccn1. The molecule has 0 saturated heterocycles. The van der Waals surface area contributed by atoms with Gasteiger partial charge in [-0.15, -0.1) is 0 Å². The van der Waals surface area contributed by atoms with Crippen LogP contribution in [0.3, 0.4) is 0 Å². The molecule has 0 aliphatic carbocycles. The molecule has 0 spiro atoms. The molecule has 2 aromatic rings. The van der Waals surface area contributed by atoms with E-state index in [1.807, 2.05) is 42.5 Å². The van der Waals surface area contributed by atoms with Crippen LogP contribution >= 0.6 is 0 Å². The normalized spacial score (nSPS) is 10.8. The lowest BCUT2D eigenvalue weighted by atomic mass is 9.93. The molecule has 88 valence electrons. The number of hydrogen-bond donors (Lipinski definition) is 2. The molecule has 2 rings (SSSR count). The number of aromatic nitrogens is 1. The highest BCUT2D eigenvalue weighted by Gasteiger charge is 2.14. The molecule has 0 radical (unpaired) electrons. The molecule has 1 aromatic heterocycles. The van der Waals surface area contributed by atoms with E-state index in [0.717, 1.165) is 16.8 Å². The molecule has 3 heteroatoms. The molecule has 0 amide bonds. The standard InChI is InChI=1S/C14H15NO2/c16-9-11(10-17)12-5-1-2-6-13(12)14-7-3-4-8-15-14/h1-8,11,16-17H,9-10H2. The molecule has 0 atom stereocenters. The average Bonchev–Trinajstić information content (AvgIpc) is 2.42. The quantitative estimate of drug-likeness (QED) is 0.840. The third kappa shape index (κ3) is 2.52. The molecule has 1 heterocycles. The van der Waals surface area contributed by atoms with Crippen molar-refractivity contribution >= 4 is 0 Å². The van der Waals surface area contributed by atoms with Gasteiger partial charge in [-0.1, -0.05) is 30.3 Å². The van der Waals surface area contributed by atoms with Gasteiger partial charge in [0.25, 0.3) is 0 Å². The zero-order valence-electron chi connectivity index (χ0n) is 9.45. The monoisotopic (exact) mass is 229 g/mol. The van der Waals surface area contributed by atoms with Crippen LogP contribution in [0.1, 0.15) is 11.5 Å². The van der Waals surface area contributed by atoms with Crippen molar-refractivity contribution in [1.29, 1.82) is 0 Å². The fourth-order valence-corrected chi connectivity index (χ4v) is 1.86. The molecule has 0 aliphatic heterocycles. The van der Waals surface area contributed by atoms with Crippen LogP contribution in [0.2, 0.25) is 0 Å². The lowest BCUT2D eigenvalue weighted by Gasteiger charge is -2.15. The third-order valence-electron chi connectivity index (χ3n) is 2.78. The Morgan fingerprint density at radius 1 is 0.941 bits per heavy atom. The summed E-state index contributed by atoms with van der Waals surface area (Å²) in [6, 6.07) is 13.4. The zero-order valence-corrected chi connectivity index (χ0v) is 9.45. The molecule has 1 aromatic carbocycles. The van der Waals surface area contributed by atoms with E-state index in [9.17, 15) is 10.2 Å². The minimum absolute atomic E-state index is 0.0691. The van der Waals surface area contributed by atoms with Crippen LogP contribution in [0.15, 0.2) is 48.7 Å². The van der Waals surface area contributed by atoms with Crippen molar-refractivity contribution in [2.45, 2.75) is 5.92 Å². The third-order valence-corrected chi connectivity index (χ3v) is 2.78. The number of aliphatic hydroxyl groups excluding tert-OH is 2. The summed E-state index contributed by atoms with van der Waals surface area (Å²) >= 11 is 0. The molecular formula is C14H15NO2. The number of nitrogens with zero attached hydrogens (tertiary/aromatic N) is 1. The molecule has 0 saturated carbocycles. The van der Waals surface area contributed by atoms with Crippen LogP contribution in [-0.4, -0.2) is 28.4 Å². The second kappa shape index (κ2) is 5.57. The molecule has 0 fully saturated rings. The second-order valence-corrected chi connectivity index (χ2v) is 3.86. The van der Waals surface area contributed by atoms with Crippen molar-refractivity contribution in [3.8, 4) is 11.3 Å². The van der Waals surface area contributed by atoms with E-state index >= 15 is 0 Å². The van der Waals surface area contributed by atoms with Gasteiger partial charge in [-0.3, -0.25) is 4.98 Å². The first-order chi connectivity index (χ1) is 8.36. The summed E-state index contributed by atoms with van der Waals surface area (Å²) in [6.07, 6.45) is 1.74. The number of pyridine rings is 1. The average molecular weight is 229 g/mol. The highest BCUT2D eigenvalue weighted by molar-refractivity contribution is 5.64. The van der Waals surface area contributed by atoms with Crippen molar-refractivity contribution in [1.82, 2.24) is 4.98 Å². The van der Waals surface area contributed by atoms with Gasteiger partial charge in [0.1, 0.15) is 0 Å². The summed E-state index contributed by atoms with van der Waals surface area (Å²) in [6.45, 7) is -0.138. The molecular weight excluding hydrogens is 214 g/mol.